The van der Waals surface area contributed by atoms with Crippen molar-refractivity contribution in [2.24, 2.45) is 0 Å². The number of halogens is 3. The maximum Gasteiger partial charge on any atom is 0.408 e. The molecule has 15 heteroatoms. The second-order valence-electron chi connectivity index (χ2n) is 8.20. The third kappa shape index (κ3) is 4.59. The third-order valence-electron chi connectivity index (χ3n) is 5.54. The van der Waals surface area contributed by atoms with Crippen LogP contribution >= 0.6 is 0 Å². The first-order valence-electron chi connectivity index (χ1n) is 10.7. The molecule has 0 saturated carbocycles. The Morgan fingerprint density at radius 1 is 1.17 bits per heavy atom. The molecule has 1 aliphatic rings. The van der Waals surface area contributed by atoms with Crippen LogP contribution in [-0.2, 0) is 16.9 Å². The molecule has 1 fully saturated rings. The van der Waals surface area contributed by atoms with E-state index < -0.39 is 24.2 Å². The van der Waals surface area contributed by atoms with Crippen molar-refractivity contribution in [3.63, 3.8) is 0 Å². The fraction of sp³-hybridized carbons (Fsp3) is 0.286. The quantitative estimate of drug-likeness (QED) is 0.405. The molecule has 36 heavy (non-hydrogen) atoms. The van der Waals surface area contributed by atoms with Crippen molar-refractivity contribution < 1.29 is 23.1 Å². The number of rotatable bonds is 6. The number of hydrogen-bond acceptors (Lipinski definition) is 9. The van der Waals surface area contributed by atoms with Gasteiger partial charge >= 0.3 is 6.18 Å². The molecule has 1 aliphatic heterocycles. The van der Waals surface area contributed by atoms with Gasteiger partial charge in [0.15, 0.2) is 11.4 Å². The van der Waals surface area contributed by atoms with Crippen molar-refractivity contribution in [3.05, 3.63) is 54.7 Å². The van der Waals surface area contributed by atoms with Gasteiger partial charge in [0.25, 0.3) is 5.91 Å². The SMILES string of the molecule is CN1CC[C@@](O)(c2cn(-c3cccc(-c4ccnc(Nc5cnn(CC(F)(F)F)c5)n4)n3)nn2)C1=O. The van der Waals surface area contributed by atoms with Gasteiger partial charge in [0.05, 0.1) is 29.5 Å². The van der Waals surface area contributed by atoms with Crippen molar-refractivity contribution in [1.29, 1.82) is 0 Å². The summed E-state index contributed by atoms with van der Waals surface area (Å²) in [5.74, 6) is 0.0665. The molecule has 1 saturated heterocycles. The second-order valence-corrected chi connectivity index (χ2v) is 8.20. The highest BCUT2D eigenvalue weighted by Gasteiger charge is 2.47. The van der Waals surface area contributed by atoms with E-state index >= 15 is 0 Å². The Hall–Kier alpha value is -4.40. The molecule has 0 aromatic carbocycles. The van der Waals surface area contributed by atoms with Gasteiger partial charge in [-0.1, -0.05) is 11.3 Å². The summed E-state index contributed by atoms with van der Waals surface area (Å²) in [5.41, 5.74) is -0.421. The zero-order valence-corrected chi connectivity index (χ0v) is 18.8. The molecule has 4 aromatic rings. The van der Waals surface area contributed by atoms with E-state index in [2.05, 4.69) is 35.7 Å². The second kappa shape index (κ2) is 8.67. The Morgan fingerprint density at radius 2 is 1.97 bits per heavy atom. The number of pyridine rings is 1. The number of carbonyl (C=O) groups excluding carboxylic acids is 1. The average molecular weight is 500 g/mol. The number of amides is 1. The maximum absolute atomic E-state index is 12.6. The minimum atomic E-state index is -4.39. The van der Waals surface area contributed by atoms with E-state index in [1.165, 1.54) is 34.4 Å². The summed E-state index contributed by atoms with van der Waals surface area (Å²) in [6.45, 7) is -0.804. The van der Waals surface area contributed by atoms with E-state index in [4.69, 9.17) is 0 Å². The van der Waals surface area contributed by atoms with Crippen LogP contribution in [0.25, 0.3) is 17.2 Å². The number of carbonyl (C=O) groups is 1. The highest BCUT2D eigenvalue weighted by molar-refractivity contribution is 5.87. The summed E-state index contributed by atoms with van der Waals surface area (Å²) in [5, 5.41) is 25.3. The first-order valence-corrected chi connectivity index (χ1v) is 10.7. The predicted molar refractivity (Wildman–Crippen MR) is 118 cm³/mol. The van der Waals surface area contributed by atoms with Crippen LogP contribution in [0.5, 0.6) is 0 Å². The van der Waals surface area contributed by atoms with Crippen LogP contribution < -0.4 is 5.32 Å². The van der Waals surface area contributed by atoms with E-state index in [0.29, 0.717) is 29.4 Å². The molecule has 5 rings (SSSR count). The molecule has 12 nitrogen and oxygen atoms in total. The molecule has 1 atom stereocenters. The minimum absolute atomic E-state index is 0.128. The summed E-state index contributed by atoms with van der Waals surface area (Å²) in [4.78, 5) is 26.8. The fourth-order valence-electron chi connectivity index (χ4n) is 3.74. The van der Waals surface area contributed by atoms with E-state index in [0.717, 1.165) is 4.68 Å². The average Bonchev–Trinajstić information content (AvgIpc) is 3.56. The van der Waals surface area contributed by atoms with Crippen LogP contribution in [0, 0.1) is 0 Å². The van der Waals surface area contributed by atoms with Gasteiger partial charge in [-0.2, -0.15) is 18.3 Å². The van der Waals surface area contributed by atoms with Gasteiger partial charge in [-0.25, -0.2) is 19.6 Å². The van der Waals surface area contributed by atoms with E-state index in [-0.39, 0.29) is 18.1 Å². The zero-order chi connectivity index (χ0) is 25.5. The van der Waals surface area contributed by atoms with Crippen molar-refractivity contribution in [2.45, 2.75) is 24.7 Å². The first kappa shape index (κ1) is 23.3. The lowest BCUT2D eigenvalue weighted by Crippen LogP contribution is -2.36. The standard InChI is InChI=1S/C21H19F3N10O2/c1-32-8-6-20(36,18(32)35)16-11-34(31-30-16)17-4-2-3-14(28-17)15-5-7-25-19(29-15)27-13-9-26-33(10-13)12-21(22,23)24/h2-5,7,9-11,36H,6,8,12H2,1H3,(H,25,27,29)/t20-/m1/s1. The highest BCUT2D eigenvalue weighted by Crippen LogP contribution is 2.31. The Bertz CT molecular complexity index is 1420. The van der Waals surface area contributed by atoms with Crippen LogP contribution in [0.1, 0.15) is 12.1 Å². The fourth-order valence-corrected chi connectivity index (χ4v) is 3.74. The molecule has 2 N–H and O–H groups in total. The monoisotopic (exact) mass is 500 g/mol. The Labute approximate surface area is 201 Å². The van der Waals surface area contributed by atoms with Crippen LogP contribution in [0.4, 0.5) is 24.8 Å². The molecular formula is C21H19F3N10O2. The number of nitrogens with one attached hydrogen (secondary N) is 1. The number of anilines is 2. The number of alkyl halides is 3. The van der Waals surface area contributed by atoms with Gasteiger partial charge in [0.2, 0.25) is 5.95 Å². The number of nitrogens with zero attached hydrogens (tertiary/aromatic N) is 9. The van der Waals surface area contributed by atoms with E-state index in [1.54, 1.807) is 31.3 Å². The summed E-state index contributed by atoms with van der Waals surface area (Å²) in [6.07, 6.45) is 1.19. The van der Waals surface area contributed by atoms with Crippen molar-refractivity contribution in [3.8, 4) is 17.2 Å². The summed E-state index contributed by atoms with van der Waals surface area (Å²) < 4.78 is 39.8. The van der Waals surface area contributed by atoms with Gasteiger partial charge in [-0.05, 0) is 18.2 Å². The van der Waals surface area contributed by atoms with E-state index in [9.17, 15) is 23.1 Å². The molecule has 1 amide bonds. The maximum atomic E-state index is 12.6. The van der Waals surface area contributed by atoms with Crippen molar-refractivity contribution in [1.82, 2.24) is 44.6 Å². The van der Waals surface area contributed by atoms with Crippen molar-refractivity contribution >= 4 is 17.5 Å². The highest BCUT2D eigenvalue weighted by atomic mass is 19.4. The lowest BCUT2D eigenvalue weighted by Gasteiger charge is -2.17. The molecular weight excluding hydrogens is 481 g/mol. The number of aliphatic hydroxyl groups is 1. The Morgan fingerprint density at radius 3 is 2.72 bits per heavy atom. The molecule has 0 bridgehead atoms. The third-order valence-corrected chi connectivity index (χ3v) is 5.54. The molecule has 5 heterocycles. The number of hydrogen-bond donors (Lipinski definition) is 2. The largest absolute Gasteiger partial charge is 0.408 e. The molecule has 4 aromatic heterocycles. The van der Waals surface area contributed by atoms with Gasteiger partial charge < -0.3 is 15.3 Å². The lowest BCUT2D eigenvalue weighted by atomic mass is 9.99. The Balaban J connectivity index is 1.36. The summed E-state index contributed by atoms with van der Waals surface area (Å²) in [7, 11) is 1.61. The molecule has 0 spiro atoms. The van der Waals surface area contributed by atoms with Crippen LogP contribution in [0.15, 0.2) is 49.1 Å². The minimum Gasteiger partial charge on any atom is -0.374 e. The molecule has 0 radical (unpaired) electrons. The van der Waals surface area contributed by atoms with Crippen molar-refractivity contribution in [2.75, 3.05) is 18.9 Å². The van der Waals surface area contributed by atoms with Gasteiger partial charge in [-0.3, -0.25) is 9.48 Å². The summed E-state index contributed by atoms with van der Waals surface area (Å²) >= 11 is 0. The normalized spacial score (nSPS) is 18.1. The van der Waals surface area contributed by atoms with E-state index in [1.807, 2.05) is 0 Å². The number of likely N-dealkylation sites (N-methyl/N-ethyl adjacent to an activating group) is 1. The first-order chi connectivity index (χ1) is 17.1. The summed E-state index contributed by atoms with van der Waals surface area (Å²) in [6, 6.07) is 6.72. The molecule has 0 aliphatic carbocycles. The zero-order valence-electron chi connectivity index (χ0n) is 18.8. The van der Waals surface area contributed by atoms with Crippen LogP contribution in [0.2, 0.25) is 0 Å². The number of aromatic nitrogens is 8. The van der Waals surface area contributed by atoms with Gasteiger partial charge in [0, 0.05) is 32.4 Å². The molecule has 186 valence electrons. The van der Waals surface area contributed by atoms with Gasteiger partial charge in [-0.15, -0.1) is 5.10 Å². The smallest absolute Gasteiger partial charge is 0.374 e. The topological polar surface area (TPSA) is 140 Å². The van der Waals surface area contributed by atoms with Crippen LogP contribution in [0.3, 0.4) is 0 Å². The predicted octanol–water partition coefficient (Wildman–Crippen LogP) is 1.67. The van der Waals surface area contributed by atoms with Crippen LogP contribution in [-0.4, -0.2) is 75.4 Å². The number of likely N-dealkylation sites (tertiary alicyclic amines) is 1. The van der Waals surface area contributed by atoms with Gasteiger partial charge in [0.1, 0.15) is 12.2 Å². The Kier molecular flexibility index (Phi) is 5.62. The lowest BCUT2D eigenvalue weighted by molar-refractivity contribution is -0.143. The molecule has 0 unspecified atom stereocenters.